The summed E-state index contributed by atoms with van der Waals surface area (Å²) < 4.78 is 5.11. The predicted octanol–water partition coefficient (Wildman–Crippen LogP) is 2.31. The maximum atomic E-state index is 12.3. The van der Waals surface area contributed by atoms with Crippen LogP contribution in [0.15, 0.2) is 24.3 Å². The highest BCUT2D eigenvalue weighted by Gasteiger charge is 2.18. The number of amides is 1. The van der Waals surface area contributed by atoms with E-state index in [1.807, 2.05) is 24.3 Å². The number of nitrogens with zero attached hydrogens (tertiary/aromatic N) is 2. The Morgan fingerprint density at radius 2 is 2.05 bits per heavy atom. The molecular formula is C14H17N3O2S. The number of hydrogen-bond acceptors (Lipinski definition) is 5. The van der Waals surface area contributed by atoms with E-state index in [2.05, 4.69) is 4.98 Å². The molecule has 5 nitrogen and oxygen atoms in total. The summed E-state index contributed by atoms with van der Waals surface area (Å²) >= 11 is 1.22. The number of rotatable bonds is 4. The van der Waals surface area contributed by atoms with Gasteiger partial charge < -0.3 is 15.4 Å². The molecule has 1 heterocycles. The molecule has 0 bridgehead atoms. The molecule has 2 N–H and O–H groups in total. The number of methoxy groups -OCH3 is 1. The molecule has 0 aliphatic heterocycles. The molecule has 6 heteroatoms. The SMILES string of the molecule is COc1ccc(CN(C)C(=O)c2sc(N)nc2C)cc1. The van der Waals surface area contributed by atoms with Crippen LogP contribution in [0.1, 0.15) is 20.9 Å². The van der Waals surface area contributed by atoms with Crippen molar-refractivity contribution < 1.29 is 9.53 Å². The molecule has 2 rings (SSSR count). The van der Waals surface area contributed by atoms with E-state index >= 15 is 0 Å². The van der Waals surface area contributed by atoms with Crippen molar-refractivity contribution in [3.8, 4) is 5.75 Å². The highest BCUT2D eigenvalue weighted by atomic mass is 32.1. The maximum absolute atomic E-state index is 12.3. The minimum Gasteiger partial charge on any atom is -0.497 e. The summed E-state index contributed by atoms with van der Waals surface area (Å²) in [6.45, 7) is 2.32. The summed E-state index contributed by atoms with van der Waals surface area (Å²) in [4.78, 5) is 18.6. The zero-order valence-corrected chi connectivity index (χ0v) is 12.5. The molecular weight excluding hydrogens is 274 g/mol. The highest BCUT2D eigenvalue weighted by Crippen LogP contribution is 2.22. The summed E-state index contributed by atoms with van der Waals surface area (Å²) in [5.41, 5.74) is 7.34. The summed E-state index contributed by atoms with van der Waals surface area (Å²) in [5, 5.41) is 0.420. The third-order valence-electron chi connectivity index (χ3n) is 2.93. The van der Waals surface area contributed by atoms with E-state index in [0.717, 1.165) is 11.3 Å². The van der Waals surface area contributed by atoms with Crippen molar-refractivity contribution in [3.63, 3.8) is 0 Å². The minimum atomic E-state index is -0.0625. The number of hydrogen-bond donors (Lipinski definition) is 1. The second-order valence-electron chi connectivity index (χ2n) is 4.48. The topological polar surface area (TPSA) is 68.5 Å². The number of nitrogens with two attached hydrogens (primary N) is 1. The number of nitrogen functional groups attached to an aromatic ring is 1. The number of carbonyl (C=O) groups is 1. The van der Waals surface area contributed by atoms with Crippen LogP contribution in [0.3, 0.4) is 0 Å². The fourth-order valence-corrected chi connectivity index (χ4v) is 2.69. The van der Waals surface area contributed by atoms with Gasteiger partial charge in [-0.3, -0.25) is 4.79 Å². The van der Waals surface area contributed by atoms with Crippen molar-refractivity contribution in [3.05, 3.63) is 40.4 Å². The summed E-state index contributed by atoms with van der Waals surface area (Å²) in [7, 11) is 3.39. The Morgan fingerprint density at radius 1 is 1.40 bits per heavy atom. The van der Waals surface area contributed by atoms with E-state index < -0.39 is 0 Å². The zero-order chi connectivity index (χ0) is 14.7. The normalized spacial score (nSPS) is 10.3. The van der Waals surface area contributed by atoms with E-state index in [4.69, 9.17) is 10.5 Å². The average molecular weight is 291 g/mol. The summed E-state index contributed by atoms with van der Waals surface area (Å²) in [5.74, 6) is 0.737. The maximum Gasteiger partial charge on any atom is 0.265 e. The van der Waals surface area contributed by atoms with Gasteiger partial charge in [0, 0.05) is 13.6 Å². The lowest BCUT2D eigenvalue weighted by Gasteiger charge is -2.16. The molecule has 0 radical (unpaired) electrons. The van der Waals surface area contributed by atoms with E-state index in [0.29, 0.717) is 22.2 Å². The Kier molecular flexibility index (Phi) is 4.24. The molecule has 1 aromatic carbocycles. The zero-order valence-electron chi connectivity index (χ0n) is 11.7. The molecule has 0 saturated heterocycles. The van der Waals surface area contributed by atoms with Gasteiger partial charge in [0.05, 0.1) is 12.8 Å². The second-order valence-corrected chi connectivity index (χ2v) is 5.51. The highest BCUT2D eigenvalue weighted by molar-refractivity contribution is 7.17. The molecule has 0 atom stereocenters. The van der Waals surface area contributed by atoms with Crippen molar-refractivity contribution in [2.45, 2.75) is 13.5 Å². The Hall–Kier alpha value is -2.08. The van der Waals surface area contributed by atoms with E-state index in [-0.39, 0.29) is 5.91 Å². The van der Waals surface area contributed by atoms with Gasteiger partial charge >= 0.3 is 0 Å². The van der Waals surface area contributed by atoms with Crippen LogP contribution in [0.25, 0.3) is 0 Å². The Balaban J connectivity index is 2.09. The number of anilines is 1. The van der Waals surface area contributed by atoms with Crippen LogP contribution in [-0.4, -0.2) is 29.9 Å². The minimum absolute atomic E-state index is 0.0625. The molecule has 1 amide bonds. The molecule has 2 aromatic rings. The monoisotopic (exact) mass is 291 g/mol. The molecule has 0 aliphatic rings. The predicted molar refractivity (Wildman–Crippen MR) is 80.1 cm³/mol. The van der Waals surface area contributed by atoms with Gasteiger partial charge in [0.15, 0.2) is 5.13 Å². The van der Waals surface area contributed by atoms with Gasteiger partial charge in [0.25, 0.3) is 5.91 Å². The second kappa shape index (κ2) is 5.92. The van der Waals surface area contributed by atoms with Crippen LogP contribution < -0.4 is 10.5 Å². The Labute approximate surface area is 122 Å². The third kappa shape index (κ3) is 3.08. The van der Waals surface area contributed by atoms with E-state index in [1.54, 1.807) is 26.0 Å². The van der Waals surface area contributed by atoms with Gasteiger partial charge in [-0.05, 0) is 24.6 Å². The Morgan fingerprint density at radius 3 is 2.55 bits per heavy atom. The van der Waals surface area contributed by atoms with Crippen LogP contribution in [0, 0.1) is 6.92 Å². The fourth-order valence-electron chi connectivity index (χ4n) is 1.87. The Bertz CT molecular complexity index is 607. The first-order chi connectivity index (χ1) is 9.51. The van der Waals surface area contributed by atoms with Crippen LogP contribution in [0.2, 0.25) is 0 Å². The van der Waals surface area contributed by atoms with Crippen molar-refractivity contribution in [1.29, 1.82) is 0 Å². The van der Waals surface area contributed by atoms with Crippen molar-refractivity contribution in [1.82, 2.24) is 9.88 Å². The largest absolute Gasteiger partial charge is 0.497 e. The standard InChI is InChI=1S/C14H17N3O2S/c1-9-12(20-14(15)16-9)13(18)17(2)8-10-4-6-11(19-3)7-5-10/h4-7H,8H2,1-3H3,(H2,15,16). The smallest absolute Gasteiger partial charge is 0.265 e. The number of aromatic nitrogens is 1. The molecule has 0 spiro atoms. The number of aryl methyl sites for hydroxylation is 1. The lowest BCUT2D eigenvalue weighted by Crippen LogP contribution is -2.26. The van der Waals surface area contributed by atoms with Crippen molar-refractivity contribution in [2.24, 2.45) is 0 Å². The number of thiazole rings is 1. The van der Waals surface area contributed by atoms with Gasteiger partial charge in [-0.2, -0.15) is 0 Å². The molecule has 20 heavy (non-hydrogen) atoms. The quantitative estimate of drug-likeness (QED) is 0.938. The first kappa shape index (κ1) is 14.3. The first-order valence-electron chi connectivity index (χ1n) is 6.12. The molecule has 0 unspecified atom stereocenters. The fraction of sp³-hybridized carbons (Fsp3) is 0.286. The number of carbonyl (C=O) groups excluding carboxylic acids is 1. The van der Waals surface area contributed by atoms with Gasteiger partial charge in [0.1, 0.15) is 10.6 Å². The van der Waals surface area contributed by atoms with Gasteiger partial charge in [0.2, 0.25) is 0 Å². The molecule has 0 aliphatic carbocycles. The van der Waals surface area contributed by atoms with Crippen LogP contribution in [0.5, 0.6) is 5.75 Å². The lowest BCUT2D eigenvalue weighted by atomic mass is 10.2. The molecule has 1 aromatic heterocycles. The van der Waals surface area contributed by atoms with Crippen LogP contribution in [0.4, 0.5) is 5.13 Å². The first-order valence-corrected chi connectivity index (χ1v) is 6.94. The number of ether oxygens (including phenoxy) is 1. The van der Waals surface area contributed by atoms with Gasteiger partial charge in [-0.15, -0.1) is 0 Å². The lowest BCUT2D eigenvalue weighted by molar-refractivity contribution is 0.0789. The van der Waals surface area contributed by atoms with Gasteiger partial charge in [-0.25, -0.2) is 4.98 Å². The molecule has 106 valence electrons. The average Bonchev–Trinajstić information content (AvgIpc) is 2.77. The van der Waals surface area contributed by atoms with E-state index in [1.165, 1.54) is 11.3 Å². The number of benzene rings is 1. The summed E-state index contributed by atoms with van der Waals surface area (Å²) in [6.07, 6.45) is 0. The van der Waals surface area contributed by atoms with Crippen LogP contribution in [-0.2, 0) is 6.54 Å². The molecule has 0 saturated carbocycles. The van der Waals surface area contributed by atoms with Crippen molar-refractivity contribution >= 4 is 22.4 Å². The summed E-state index contributed by atoms with van der Waals surface area (Å²) in [6, 6.07) is 7.64. The van der Waals surface area contributed by atoms with Gasteiger partial charge in [-0.1, -0.05) is 23.5 Å². The third-order valence-corrected chi connectivity index (χ3v) is 3.91. The van der Waals surface area contributed by atoms with E-state index in [9.17, 15) is 4.79 Å². The van der Waals surface area contributed by atoms with Crippen molar-refractivity contribution in [2.75, 3.05) is 19.9 Å². The van der Waals surface area contributed by atoms with Crippen LogP contribution >= 0.6 is 11.3 Å². The molecule has 0 fully saturated rings.